The molecular formula is C40H74N6NaO8. The topological polar surface area (TPSA) is 245 Å². The van der Waals surface area contributed by atoms with Crippen LogP contribution in [0, 0.1) is 0 Å². The second-order valence-electron chi connectivity index (χ2n) is 14.6. The van der Waals surface area contributed by atoms with E-state index in [4.69, 9.17) is 17.2 Å². The van der Waals surface area contributed by atoms with Gasteiger partial charge >= 0.3 is 5.97 Å². The van der Waals surface area contributed by atoms with Crippen LogP contribution in [-0.4, -0.2) is 106 Å². The van der Waals surface area contributed by atoms with Crippen LogP contribution in [0.15, 0.2) is 0 Å². The first kappa shape index (κ1) is 54.5. The van der Waals surface area contributed by atoms with Crippen LogP contribution in [0.3, 0.4) is 0 Å². The Labute approximate surface area is 352 Å². The van der Waals surface area contributed by atoms with Crippen LogP contribution >= 0.6 is 0 Å². The summed E-state index contributed by atoms with van der Waals surface area (Å²) in [6, 6.07) is -4.57. The monoisotopic (exact) mass is 790 g/mol. The van der Waals surface area contributed by atoms with Crippen molar-refractivity contribution < 1.29 is 38.7 Å². The van der Waals surface area contributed by atoms with Crippen molar-refractivity contribution in [3.05, 3.63) is 0 Å². The summed E-state index contributed by atoms with van der Waals surface area (Å²) in [5, 5.41) is 15.5. The zero-order valence-electron chi connectivity index (χ0n) is 34.5. The third-order valence-corrected chi connectivity index (χ3v) is 9.64. The van der Waals surface area contributed by atoms with Crippen LogP contribution in [0.5, 0.6) is 0 Å². The molecule has 0 spiro atoms. The molecular weight excluding hydrogens is 715 g/mol. The van der Waals surface area contributed by atoms with E-state index in [0.717, 1.165) is 51.4 Å². The van der Waals surface area contributed by atoms with Crippen molar-refractivity contribution in [2.45, 2.75) is 205 Å². The molecule has 0 aliphatic carbocycles. The van der Waals surface area contributed by atoms with E-state index < -0.39 is 59.5 Å². The van der Waals surface area contributed by atoms with Gasteiger partial charge in [0.2, 0.25) is 23.6 Å². The van der Waals surface area contributed by atoms with Gasteiger partial charge in [-0.3, -0.25) is 33.7 Å². The van der Waals surface area contributed by atoms with Gasteiger partial charge in [0.15, 0.2) is 0 Å². The molecule has 313 valence electrons. The molecule has 15 heteroatoms. The Morgan fingerprint density at radius 1 is 0.509 bits per heavy atom. The quantitative estimate of drug-likeness (QED) is 0.0373. The summed E-state index contributed by atoms with van der Waals surface area (Å²) < 4.78 is 0. The average Bonchev–Trinajstić information content (AvgIpc) is 3.12. The molecule has 3 atom stereocenters. The van der Waals surface area contributed by atoms with E-state index in [2.05, 4.69) is 24.5 Å². The molecule has 0 rings (SSSR count). The largest absolute Gasteiger partial charge is 0.480 e. The van der Waals surface area contributed by atoms with Gasteiger partial charge in [0, 0.05) is 55.2 Å². The third-order valence-electron chi connectivity index (χ3n) is 9.64. The van der Waals surface area contributed by atoms with Gasteiger partial charge < -0.3 is 32.9 Å². The van der Waals surface area contributed by atoms with Gasteiger partial charge in [-0.2, -0.15) is 0 Å². The normalized spacial score (nSPS) is 12.5. The molecule has 0 aliphatic heterocycles. The predicted octanol–water partition coefficient (Wildman–Crippen LogP) is 4.89. The summed E-state index contributed by atoms with van der Waals surface area (Å²) in [5.41, 5.74) is 16.4. The summed E-state index contributed by atoms with van der Waals surface area (Å²) in [5.74, 6) is -6.03. The third kappa shape index (κ3) is 28.5. The SMILES string of the molecule is CCCCCCCCCCCC(=O)N[C@@H](CCC(N)=O)C(=O)N(C(=O)[C@H](CCC(N)=O)NC(=O)CCCCCCCCCCC)[C@@H](CCCCN)C(=O)O.[Na]. The number of imide groups is 1. The second kappa shape index (κ2) is 35.8. The van der Waals surface area contributed by atoms with Crippen molar-refractivity contribution >= 4 is 71.0 Å². The van der Waals surface area contributed by atoms with Crippen LogP contribution in [0.2, 0.25) is 0 Å². The number of hydrogen-bond donors (Lipinski definition) is 6. The van der Waals surface area contributed by atoms with E-state index in [1.807, 2.05) is 0 Å². The van der Waals surface area contributed by atoms with E-state index in [1.54, 1.807) is 0 Å². The fraction of sp³-hybridized carbons (Fsp3) is 0.825. The zero-order valence-corrected chi connectivity index (χ0v) is 36.5. The Balaban J connectivity index is 0. The minimum Gasteiger partial charge on any atom is -0.480 e. The number of carboxylic acids is 1. The number of rotatable bonds is 36. The molecule has 0 saturated carbocycles. The van der Waals surface area contributed by atoms with Crippen LogP contribution in [-0.2, 0) is 33.6 Å². The summed E-state index contributed by atoms with van der Waals surface area (Å²) in [7, 11) is 0. The Kier molecular flexibility index (Phi) is 35.5. The van der Waals surface area contributed by atoms with Crippen LogP contribution in [0.25, 0.3) is 0 Å². The van der Waals surface area contributed by atoms with Gasteiger partial charge in [0.1, 0.15) is 18.1 Å². The molecule has 0 aromatic rings. The first-order valence-electron chi connectivity index (χ1n) is 20.8. The molecule has 0 aromatic carbocycles. The number of nitrogens with two attached hydrogens (primary N) is 3. The molecule has 0 bridgehead atoms. The van der Waals surface area contributed by atoms with Crippen LogP contribution < -0.4 is 27.8 Å². The molecule has 9 N–H and O–H groups in total. The van der Waals surface area contributed by atoms with Crippen molar-refractivity contribution in [3.8, 4) is 0 Å². The van der Waals surface area contributed by atoms with E-state index in [0.29, 0.717) is 24.2 Å². The van der Waals surface area contributed by atoms with Gasteiger partial charge in [-0.05, 0) is 51.5 Å². The van der Waals surface area contributed by atoms with E-state index in [-0.39, 0.29) is 87.5 Å². The number of carbonyl (C=O) groups is 7. The first-order valence-corrected chi connectivity index (χ1v) is 20.8. The summed E-state index contributed by atoms with van der Waals surface area (Å²) in [4.78, 5) is 91.5. The van der Waals surface area contributed by atoms with Gasteiger partial charge in [-0.1, -0.05) is 117 Å². The molecule has 1 radical (unpaired) electrons. The van der Waals surface area contributed by atoms with E-state index >= 15 is 0 Å². The fourth-order valence-electron chi connectivity index (χ4n) is 6.41. The van der Waals surface area contributed by atoms with Gasteiger partial charge in [0.05, 0.1) is 0 Å². The van der Waals surface area contributed by atoms with Crippen molar-refractivity contribution in [2.75, 3.05) is 6.54 Å². The second-order valence-corrected chi connectivity index (χ2v) is 14.6. The van der Waals surface area contributed by atoms with Crippen molar-refractivity contribution in [1.82, 2.24) is 15.5 Å². The van der Waals surface area contributed by atoms with E-state index in [1.165, 1.54) is 51.4 Å². The standard InChI is InChI=1S/C40H74N6O8.Na/c1-3-5-7-9-11-13-15-17-19-24-36(49)44-31(26-28-34(42)47)38(51)46(33(40(53)54)23-21-22-30-41)39(52)32(27-29-35(43)48)45-37(50)25-20-18-16-14-12-10-8-6-4-2;/h31-33H,3-30,41H2,1-2H3,(H2,42,47)(H2,43,48)(H,44,49)(H,45,50)(H,53,54);/t31-,32-,33-;/m0./s1. The molecule has 0 heterocycles. The number of carbonyl (C=O) groups excluding carboxylic acids is 6. The smallest absolute Gasteiger partial charge is 0.326 e. The molecule has 0 aromatic heterocycles. The van der Waals surface area contributed by atoms with Crippen LogP contribution in [0.1, 0.15) is 187 Å². The Bertz CT molecular complexity index is 1040. The van der Waals surface area contributed by atoms with Crippen molar-refractivity contribution in [2.24, 2.45) is 17.2 Å². The minimum atomic E-state index is -1.67. The van der Waals surface area contributed by atoms with E-state index in [9.17, 15) is 38.7 Å². The minimum absolute atomic E-state index is 0. The number of carboxylic acid groups (broad SMARTS) is 1. The summed E-state index contributed by atoms with van der Waals surface area (Å²) in [6.07, 6.45) is 18.3. The number of primary amides is 2. The van der Waals surface area contributed by atoms with Crippen LogP contribution in [0.4, 0.5) is 0 Å². The maximum Gasteiger partial charge on any atom is 0.326 e. The molecule has 0 unspecified atom stereocenters. The van der Waals surface area contributed by atoms with Crippen molar-refractivity contribution in [1.29, 1.82) is 0 Å². The maximum absolute atomic E-state index is 14.3. The number of hydrogen-bond acceptors (Lipinski definition) is 8. The fourth-order valence-corrected chi connectivity index (χ4v) is 6.41. The number of aliphatic carboxylic acids is 1. The molecule has 0 aliphatic rings. The number of amides is 6. The summed E-state index contributed by atoms with van der Waals surface area (Å²) >= 11 is 0. The predicted molar refractivity (Wildman–Crippen MR) is 216 cm³/mol. The average molecular weight is 790 g/mol. The molecule has 55 heavy (non-hydrogen) atoms. The number of nitrogens with one attached hydrogen (secondary N) is 2. The first-order chi connectivity index (χ1) is 25.9. The Morgan fingerprint density at radius 2 is 0.855 bits per heavy atom. The Hall–Kier alpha value is -2.55. The zero-order chi connectivity index (χ0) is 40.6. The molecule has 0 saturated heterocycles. The summed E-state index contributed by atoms with van der Waals surface area (Å²) in [6.45, 7) is 4.59. The molecule has 0 fully saturated rings. The van der Waals surface area contributed by atoms with Gasteiger partial charge in [-0.15, -0.1) is 0 Å². The molecule has 6 amide bonds. The van der Waals surface area contributed by atoms with Gasteiger partial charge in [0.25, 0.3) is 11.8 Å². The number of nitrogens with zero attached hydrogens (tertiary/aromatic N) is 1. The maximum atomic E-state index is 14.3. The number of unbranched alkanes of at least 4 members (excludes halogenated alkanes) is 17. The molecule has 14 nitrogen and oxygen atoms in total. The van der Waals surface area contributed by atoms with Gasteiger partial charge in [-0.25, -0.2) is 4.79 Å². The van der Waals surface area contributed by atoms with Crippen molar-refractivity contribution in [3.63, 3.8) is 0 Å². The Morgan fingerprint density at radius 3 is 1.16 bits per heavy atom.